The number of anilines is 1. The number of amidine groups is 1. The number of piperazine rings is 2. The Morgan fingerprint density at radius 2 is 1.59 bits per heavy atom. The van der Waals surface area contributed by atoms with Gasteiger partial charge in [-0.3, -0.25) is 14.6 Å². The van der Waals surface area contributed by atoms with Gasteiger partial charge in [0.05, 0.1) is 11.3 Å². The quantitative estimate of drug-likeness (QED) is 0.208. The first-order chi connectivity index (χ1) is 25.5. The number of rotatable bonds is 7. The predicted octanol–water partition coefficient (Wildman–Crippen LogP) is 9.35. The normalized spacial score (nSPS) is 20.0. The minimum atomic E-state index is -4.87. The van der Waals surface area contributed by atoms with E-state index in [0.717, 1.165) is 44.4 Å². The monoisotopic (exact) mass is 760 g/mol. The lowest BCUT2D eigenvalue weighted by atomic mass is 9.87. The Kier molecular flexibility index (Phi) is 15.9. The molecule has 2 fully saturated rings. The third-order valence-corrected chi connectivity index (χ3v) is 10.2. The summed E-state index contributed by atoms with van der Waals surface area (Å²) in [4.78, 5) is 27.8. The van der Waals surface area contributed by atoms with Crippen LogP contribution in [0.25, 0.3) is 11.1 Å². The molecule has 0 spiro atoms. The van der Waals surface area contributed by atoms with Crippen LogP contribution in [-0.4, -0.2) is 101 Å². The molecule has 7 nitrogen and oxygen atoms in total. The van der Waals surface area contributed by atoms with Gasteiger partial charge < -0.3 is 14.7 Å². The molecule has 5 rings (SSSR count). The maximum absolute atomic E-state index is 15.4. The summed E-state index contributed by atoms with van der Waals surface area (Å²) < 4.78 is 74.5. The summed E-state index contributed by atoms with van der Waals surface area (Å²) in [5.41, 5.74) is -0.777. The van der Waals surface area contributed by atoms with E-state index in [1.165, 1.54) is 12.5 Å². The Labute approximate surface area is 320 Å². The van der Waals surface area contributed by atoms with Gasteiger partial charge in [-0.05, 0) is 70.9 Å². The van der Waals surface area contributed by atoms with E-state index in [2.05, 4.69) is 50.7 Å². The molecule has 0 bridgehead atoms. The molecule has 2 aromatic rings. The number of amides is 1. The number of hydrogen-bond donors (Lipinski definition) is 0. The predicted molar refractivity (Wildman–Crippen MR) is 212 cm³/mol. The van der Waals surface area contributed by atoms with Gasteiger partial charge in [-0.2, -0.15) is 13.2 Å². The molecule has 0 saturated carbocycles. The van der Waals surface area contributed by atoms with E-state index in [4.69, 9.17) is 4.99 Å². The van der Waals surface area contributed by atoms with Crippen LogP contribution in [0.4, 0.5) is 27.6 Å². The smallest absolute Gasteiger partial charge is 0.349 e. The molecule has 1 amide bonds. The van der Waals surface area contributed by atoms with Crippen LogP contribution in [0.3, 0.4) is 0 Å². The summed E-state index contributed by atoms with van der Waals surface area (Å²) in [5.74, 6) is -1.49. The standard InChI is InChI=1S/C37H47F5N6O.C3H8.C2H6/c1-9-28(21-44-13-15-45(16-14-44)22(3)4)48-26(8)43-36(47-20-23(5)46(19-24(47)6)33(49)10-2)30-18-31(37(40,41)42)34(25(7)35(30)48)29-12-11-27(38)17-32(29)39;1-3-2;1-2/h10-12,17-18,22-24,28H,2,8-9,13-16,19-21H2,1,3-7H3;3H2,1-2H3;1-2H3/t23-,24+,28-;;/m1../s1. The first-order valence-corrected chi connectivity index (χ1v) is 19.4. The van der Waals surface area contributed by atoms with Crippen LogP contribution in [0.15, 0.2) is 54.3 Å². The Morgan fingerprint density at radius 1 is 0.981 bits per heavy atom. The highest BCUT2D eigenvalue weighted by atomic mass is 19.4. The second-order valence-corrected chi connectivity index (χ2v) is 14.4. The molecule has 12 heteroatoms. The highest BCUT2D eigenvalue weighted by Gasteiger charge is 2.43. The molecule has 3 aliphatic rings. The van der Waals surface area contributed by atoms with Crippen LogP contribution in [0.5, 0.6) is 0 Å². The van der Waals surface area contributed by atoms with Crippen LogP contribution in [0, 0.1) is 18.6 Å². The Hall–Kier alpha value is -3.77. The van der Waals surface area contributed by atoms with Crippen LogP contribution < -0.4 is 4.90 Å². The Bertz CT molecular complexity index is 1650. The van der Waals surface area contributed by atoms with Crippen molar-refractivity contribution in [3.05, 3.63) is 77.6 Å². The van der Waals surface area contributed by atoms with Gasteiger partial charge in [0, 0.05) is 92.7 Å². The van der Waals surface area contributed by atoms with E-state index >= 15 is 17.6 Å². The molecular weight excluding hydrogens is 699 g/mol. The molecule has 3 atom stereocenters. The maximum atomic E-state index is 15.4. The molecule has 300 valence electrons. The molecule has 3 heterocycles. The number of aliphatic imine (C=N–C) groups is 1. The lowest BCUT2D eigenvalue weighted by molar-refractivity contribution is -0.137. The lowest BCUT2D eigenvalue weighted by Crippen LogP contribution is -2.60. The third kappa shape index (κ3) is 9.72. The summed E-state index contributed by atoms with van der Waals surface area (Å²) in [6.45, 7) is 32.7. The zero-order valence-corrected chi connectivity index (χ0v) is 34.0. The fraction of sp³-hybridized carbons (Fsp3) is 0.571. The molecule has 0 aromatic heterocycles. The van der Waals surface area contributed by atoms with E-state index in [0.29, 0.717) is 55.5 Å². The Balaban J connectivity index is 0.00000149. The second kappa shape index (κ2) is 19.2. The molecule has 54 heavy (non-hydrogen) atoms. The summed E-state index contributed by atoms with van der Waals surface area (Å²) in [5, 5.41) is 0. The molecule has 2 saturated heterocycles. The fourth-order valence-electron chi connectivity index (χ4n) is 7.53. The molecule has 2 aromatic carbocycles. The number of carbonyl (C=O) groups is 1. The zero-order valence-electron chi connectivity index (χ0n) is 34.0. The average molecular weight is 761 g/mol. The number of benzene rings is 2. The summed E-state index contributed by atoms with van der Waals surface area (Å²) in [7, 11) is 0. The van der Waals surface area contributed by atoms with Crippen molar-refractivity contribution < 1.29 is 26.7 Å². The van der Waals surface area contributed by atoms with Gasteiger partial charge in [0.15, 0.2) is 0 Å². The van der Waals surface area contributed by atoms with E-state index in [1.807, 2.05) is 44.4 Å². The van der Waals surface area contributed by atoms with E-state index in [9.17, 15) is 9.18 Å². The third-order valence-electron chi connectivity index (χ3n) is 10.2. The highest BCUT2D eigenvalue weighted by Crippen LogP contribution is 2.48. The molecule has 0 aliphatic carbocycles. The van der Waals surface area contributed by atoms with Crippen LogP contribution in [0.1, 0.15) is 91.8 Å². The van der Waals surface area contributed by atoms with Gasteiger partial charge in [0.25, 0.3) is 0 Å². The molecule has 3 aliphatic heterocycles. The molecule has 0 unspecified atom stereocenters. The van der Waals surface area contributed by atoms with Gasteiger partial charge in [0.1, 0.15) is 23.3 Å². The summed E-state index contributed by atoms with van der Waals surface area (Å²) in [6.07, 6.45) is -1.71. The molecule has 0 radical (unpaired) electrons. The van der Waals surface area contributed by atoms with Gasteiger partial charge in [-0.1, -0.05) is 54.2 Å². The van der Waals surface area contributed by atoms with Crippen molar-refractivity contribution in [2.45, 2.75) is 112 Å². The molecule has 0 N–H and O–H groups in total. The molecular formula is C42H61F5N6O. The number of hydrogen-bond acceptors (Lipinski definition) is 6. The topological polar surface area (TPSA) is 45.6 Å². The number of halogens is 5. The van der Waals surface area contributed by atoms with Crippen molar-refractivity contribution in [3.8, 4) is 11.1 Å². The van der Waals surface area contributed by atoms with Crippen molar-refractivity contribution >= 4 is 17.4 Å². The lowest BCUT2D eigenvalue weighted by Gasteiger charge is -2.48. The number of fused-ring (bicyclic) bond motifs is 1. The van der Waals surface area contributed by atoms with Crippen molar-refractivity contribution in [1.29, 1.82) is 0 Å². The van der Waals surface area contributed by atoms with Gasteiger partial charge in [0.2, 0.25) is 5.91 Å². The number of alkyl halides is 3. The minimum Gasteiger partial charge on any atom is -0.349 e. The van der Waals surface area contributed by atoms with E-state index < -0.39 is 23.4 Å². The largest absolute Gasteiger partial charge is 0.417 e. The second-order valence-electron chi connectivity index (χ2n) is 14.4. The van der Waals surface area contributed by atoms with E-state index in [1.54, 1.807) is 11.8 Å². The first kappa shape index (κ1) is 44.6. The van der Waals surface area contributed by atoms with Crippen molar-refractivity contribution in [3.63, 3.8) is 0 Å². The average Bonchev–Trinajstić information content (AvgIpc) is 3.12. The van der Waals surface area contributed by atoms with Gasteiger partial charge in [-0.25, -0.2) is 13.8 Å². The van der Waals surface area contributed by atoms with Crippen LogP contribution in [0.2, 0.25) is 0 Å². The van der Waals surface area contributed by atoms with Gasteiger partial charge >= 0.3 is 6.18 Å². The van der Waals surface area contributed by atoms with Crippen LogP contribution in [-0.2, 0) is 11.0 Å². The summed E-state index contributed by atoms with van der Waals surface area (Å²) >= 11 is 0. The fourth-order valence-corrected chi connectivity index (χ4v) is 7.53. The van der Waals surface area contributed by atoms with Crippen molar-refractivity contribution in [1.82, 2.24) is 19.6 Å². The first-order valence-electron chi connectivity index (χ1n) is 19.4. The number of nitrogens with zero attached hydrogens (tertiary/aromatic N) is 6. The Morgan fingerprint density at radius 3 is 2.11 bits per heavy atom. The van der Waals surface area contributed by atoms with Crippen molar-refractivity contribution in [2.75, 3.05) is 50.7 Å². The van der Waals surface area contributed by atoms with Crippen LogP contribution >= 0.6 is 0 Å². The van der Waals surface area contributed by atoms with Crippen molar-refractivity contribution in [2.24, 2.45) is 4.99 Å². The minimum absolute atomic E-state index is 0.202. The maximum Gasteiger partial charge on any atom is 0.417 e. The van der Waals surface area contributed by atoms with E-state index in [-0.39, 0.29) is 46.3 Å². The zero-order chi connectivity index (χ0) is 40.7. The SMILES string of the molecule is C=CC(=O)N1C[C@H](C)N(C2=NC(=C)N([C@H](CC)CN3CCN(C(C)C)CC3)c3c2cc(C(F)(F)F)c(-c2ccc(F)cc2F)c3C)C[C@H]1C.CC.CCC. The highest BCUT2D eigenvalue weighted by molar-refractivity contribution is 6.09. The number of carbonyl (C=O) groups excluding carboxylic acids is 1. The summed E-state index contributed by atoms with van der Waals surface area (Å²) in [6, 6.07) is 3.36. The van der Waals surface area contributed by atoms with Gasteiger partial charge in [-0.15, -0.1) is 0 Å².